The maximum Gasteiger partial charge on any atom is 0.263 e. The van der Waals surface area contributed by atoms with Crippen molar-refractivity contribution in [1.82, 2.24) is 4.90 Å². The summed E-state index contributed by atoms with van der Waals surface area (Å²) in [7, 11) is 0. The van der Waals surface area contributed by atoms with Crippen LogP contribution in [0.1, 0.15) is 18.1 Å². The standard InChI is InChI=1S/C21H25FN2O2/c1-15-5-4-6-20(16(15)2)23-11-13-24(14-12-23)21(25)17(3)26-19-9-7-18(22)8-10-19/h4-10,17H,11-14H2,1-3H3/t17-/m0/s1. The molecule has 0 unspecified atom stereocenters. The number of carbonyl (C=O) groups excluding carboxylic acids is 1. The SMILES string of the molecule is Cc1cccc(N2CCN(C(=O)[C@H](C)Oc3ccc(F)cc3)CC2)c1C. The number of halogens is 1. The van der Waals surface area contributed by atoms with Gasteiger partial charge < -0.3 is 14.5 Å². The molecule has 0 aliphatic carbocycles. The van der Waals surface area contributed by atoms with E-state index in [-0.39, 0.29) is 11.7 Å². The van der Waals surface area contributed by atoms with Gasteiger partial charge in [0.25, 0.3) is 5.91 Å². The van der Waals surface area contributed by atoms with Crippen molar-refractivity contribution in [3.63, 3.8) is 0 Å². The van der Waals surface area contributed by atoms with Crippen LogP contribution in [0.5, 0.6) is 5.75 Å². The molecule has 0 radical (unpaired) electrons. The molecule has 0 spiro atoms. The lowest BCUT2D eigenvalue weighted by atomic mass is 10.1. The molecule has 1 atom stereocenters. The number of benzene rings is 2. The van der Waals surface area contributed by atoms with E-state index in [1.54, 1.807) is 6.92 Å². The first-order valence-electron chi connectivity index (χ1n) is 8.98. The van der Waals surface area contributed by atoms with Crippen molar-refractivity contribution in [2.24, 2.45) is 0 Å². The van der Waals surface area contributed by atoms with Gasteiger partial charge in [0.1, 0.15) is 11.6 Å². The minimum absolute atomic E-state index is 0.0325. The van der Waals surface area contributed by atoms with Gasteiger partial charge in [0.15, 0.2) is 6.10 Å². The second-order valence-electron chi connectivity index (χ2n) is 6.75. The van der Waals surface area contributed by atoms with Crippen molar-refractivity contribution in [2.45, 2.75) is 26.9 Å². The third-order valence-electron chi connectivity index (χ3n) is 4.98. The summed E-state index contributed by atoms with van der Waals surface area (Å²) in [5, 5.41) is 0. The van der Waals surface area contributed by atoms with E-state index in [1.165, 1.54) is 41.1 Å². The molecule has 2 aromatic carbocycles. The van der Waals surface area contributed by atoms with Crippen LogP contribution < -0.4 is 9.64 Å². The number of ether oxygens (including phenoxy) is 1. The Bertz CT molecular complexity index is 768. The minimum atomic E-state index is -0.590. The maximum atomic E-state index is 13.0. The number of hydrogen-bond acceptors (Lipinski definition) is 3. The molecule has 0 aromatic heterocycles. The minimum Gasteiger partial charge on any atom is -0.481 e. The van der Waals surface area contributed by atoms with E-state index in [2.05, 4.69) is 36.9 Å². The van der Waals surface area contributed by atoms with Crippen molar-refractivity contribution in [2.75, 3.05) is 31.1 Å². The topological polar surface area (TPSA) is 32.8 Å². The number of aryl methyl sites for hydroxylation is 1. The number of anilines is 1. The zero-order chi connectivity index (χ0) is 18.7. The summed E-state index contributed by atoms with van der Waals surface area (Å²) >= 11 is 0. The Hall–Kier alpha value is -2.56. The lowest BCUT2D eigenvalue weighted by Crippen LogP contribution is -2.52. The van der Waals surface area contributed by atoms with Gasteiger partial charge in [-0.05, 0) is 62.2 Å². The van der Waals surface area contributed by atoms with Crippen LogP contribution in [0.25, 0.3) is 0 Å². The molecule has 138 valence electrons. The van der Waals surface area contributed by atoms with Crippen LogP contribution in [-0.4, -0.2) is 43.1 Å². The summed E-state index contributed by atoms with van der Waals surface area (Å²) in [6, 6.07) is 12.1. The van der Waals surface area contributed by atoms with Crippen LogP contribution in [0.3, 0.4) is 0 Å². The molecule has 2 aromatic rings. The molecule has 0 N–H and O–H groups in total. The highest BCUT2D eigenvalue weighted by Crippen LogP contribution is 2.24. The van der Waals surface area contributed by atoms with Crippen LogP contribution >= 0.6 is 0 Å². The Morgan fingerprint density at radius 3 is 2.35 bits per heavy atom. The Morgan fingerprint density at radius 1 is 1.04 bits per heavy atom. The third kappa shape index (κ3) is 3.98. The van der Waals surface area contributed by atoms with Gasteiger partial charge in [-0.25, -0.2) is 4.39 Å². The van der Waals surface area contributed by atoms with E-state index in [1.807, 2.05) is 4.90 Å². The summed E-state index contributed by atoms with van der Waals surface area (Å²) in [5.74, 6) is 0.148. The predicted octanol–water partition coefficient (Wildman–Crippen LogP) is 3.56. The largest absolute Gasteiger partial charge is 0.481 e. The van der Waals surface area contributed by atoms with E-state index in [4.69, 9.17) is 4.74 Å². The molecule has 1 amide bonds. The Labute approximate surface area is 154 Å². The Balaban J connectivity index is 1.57. The molecular weight excluding hydrogens is 331 g/mol. The summed E-state index contributed by atoms with van der Waals surface area (Å²) in [6.45, 7) is 8.95. The monoisotopic (exact) mass is 356 g/mol. The first-order chi connectivity index (χ1) is 12.5. The number of amides is 1. The molecule has 5 heteroatoms. The van der Waals surface area contributed by atoms with Gasteiger partial charge in [-0.2, -0.15) is 0 Å². The summed E-state index contributed by atoms with van der Waals surface area (Å²) < 4.78 is 18.6. The van der Waals surface area contributed by atoms with Gasteiger partial charge in [-0.3, -0.25) is 4.79 Å². The summed E-state index contributed by atoms with van der Waals surface area (Å²) in [4.78, 5) is 16.8. The van der Waals surface area contributed by atoms with Gasteiger partial charge in [-0.1, -0.05) is 12.1 Å². The van der Waals surface area contributed by atoms with Crippen molar-refractivity contribution < 1.29 is 13.9 Å². The molecule has 1 fully saturated rings. The van der Waals surface area contributed by atoms with E-state index in [9.17, 15) is 9.18 Å². The van der Waals surface area contributed by atoms with Gasteiger partial charge in [0.05, 0.1) is 0 Å². The van der Waals surface area contributed by atoms with Crippen molar-refractivity contribution in [1.29, 1.82) is 0 Å². The summed E-state index contributed by atoms with van der Waals surface area (Å²) in [5.41, 5.74) is 3.82. The molecule has 0 bridgehead atoms. The predicted molar refractivity (Wildman–Crippen MR) is 101 cm³/mol. The highest BCUT2D eigenvalue weighted by atomic mass is 19.1. The second-order valence-corrected chi connectivity index (χ2v) is 6.75. The fourth-order valence-corrected chi connectivity index (χ4v) is 3.27. The molecule has 1 saturated heterocycles. The van der Waals surface area contributed by atoms with E-state index < -0.39 is 6.10 Å². The third-order valence-corrected chi connectivity index (χ3v) is 4.98. The molecular formula is C21H25FN2O2. The maximum absolute atomic E-state index is 13.0. The zero-order valence-corrected chi connectivity index (χ0v) is 15.5. The normalized spacial score (nSPS) is 15.7. The van der Waals surface area contributed by atoms with Gasteiger partial charge in [-0.15, -0.1) is 0 Å². The molecule has 1 aliphatic rings. The highest BCUT2D eigenvalue weighted by Gasteiger charge is 2.26. The lowest BCUT2D eigenvalue weighted by molar-refractivity contribution is -0.138. The van der Waals surface area contributed by atoms with Crippen molar-refractivity contribution in [3.05, 3.63) is 59.4 Å². The van der Waals surface area contributed by atoms with Crippen molar-refractivity contribution in [3.8, 4) is 5.75 Å². The number of carbonyl (C=O) groups is 1. The fraction of sp³-hybridized carbons (Fsp3) is 0.381. The molecule has 1 heterocycles. The van der Waals surface area contributed by atoms with E-state index in [0.29, 0.717) is 18.8 Å². The van der Waals surface area contributed by atoms with Crippen LogP contribution in [0.4, 0.5) is 10.1 Å². The van der Waals surface area contributed by atoms with E-state index in [0.717, 1.165) is 13.1 Å². The van der Waals surface area contributed by atoms with Crippen LogP contribution in [0.2, 0.25) is 0 Å². The molecule has 1 aliphatic heterocycles. The van der Waals surface area contributed by atoms with Crippen molar-refractivity contribution >= 4 is 11.6 Å². The summed E-state index contributed by atoms with van der Waals surface area (Å²) in [6.07, 6.45) is -0.590. The van der Waals surface area contributed by atoms with Gasteiger partial charge >= 0.3 is 0 Å². The van der Waals surface area contributed by atoms with Crippen LogP contribution in [-0.2, 0) is 4.79 Å². The molecule has 4 nitrogen and oxygen atoms in total. The highest BCUT2D eigenvalue weighted by molar-refractivity contribution is 5.81. The van der Waals surface area contributed by atoms with Crippen LogP contribution in [0, 0.1) is 19.7 Å². The van der Waals surface area contributed by atoms with Crippen LogP contribution in [0.15, 0.2) is 42.5 Å². The number of nitrogens with zero attached hydrogens (tertiary/aromatic N) is 2. The van der Waals surface area contributed by atoms with Gasteiger partial charge in [0, 0.05) is 31.9 Å². The Kier molecular flexibility index (Phi) is 5.45. The number of hydrogen-bond donors (Lipinski definition) is 0. The van der Waals surface area contributed by atoms with Gasteiger partial charge in [0.2, 0.25) is 0 Å². The lowest BCUT2D eigenvalue weighted by Gasteiger charge is -2.37. The average molecular weight is 356 g/mol. The molecule has 26 heavy (non-hydrogen) atoms. The zero-order valence-electron chi connectivity index (χ0n) is 15.5. The average Bonchev–Trinajstić information content (AvgIpc) is 2.65. The first-order valence-corrected chi connectivity index (χ1v) is 8.98. The number of piperazine rings is 1. The van der Waals surface area contributed by atoms with E-state index >= 15 is 0 Å². The Morgan fingerprint density at radius 2 is 1.69 bits per heavy atom. The molecule has 3 rings (SSSR count). The quantitative estimate of drug-likeness (QED) is 0.840. The fourth-order valence-electron chi connectivity index (χ4n) is 3.27. The first kappa shape index (κ1) is 18.2. The smallest absolute Gasteiger partial charge is 0.263 e. The molecule has 0 saturated carbocycles. The number of rotatable bonds is 4. The second kappa shape index (κ2) is 7.77.